The lowest BCUT2D eigenvalue weighted by Crippen LogP contribution is -2.28. The molecule has 3 rings (SSSR count). The lowest BCUT2D eigenvalue weighted by Gasteiger charge is -2.34. The Morgan fingerprint density at radius 3 is 2.57 bits per heavy atom. The highest BCUT2D eigenvalue weighted by atomic mass is 16.5. The van der Waals surface area contributed by atoms with Crippen LogP contribution in [0.1, 0.15) is 57.9 Å². The van der Waals surface area contributed by atoms with Crippen LogP contribution in [0.3, 0.4) is 0 Å². The van der Waals surface area contributed by atoms with Crippen molar-refractivity contribution in [1.29, 1.82) is 0 Å². The number of ether oxygens (including phenoxy) is 2. The molecule has 0 amide bonds. The summed E-state index contributed by atoms with van der Waals surface area (Å²) in [6, 6.07) is 12.9. The topological polar surface area (TPSA) is 47.6 Å². The third-order valence-corrected chi connectivity index (χ3v) is 5.76. The zero-order valence-corrected chi connectivity index (χ0v) is 17.4. The van der Waals surface area contributed by atoms with Crippen LogP contribution in [0, 0.1) is 5.41 Å². The number of carbonyl (C=O) groups is 1. The van der Waals surface area contributed by atoms with Crippen molar-refractivity contribution in [2.75, 3.05) is 13.7 Å². The van der Waals surface area contributed by atoms with Crippen molar-refractivity contribution >= 4 is 16.7 Å². The van der Waals surface area contributed by atoms with E-state index in [0.717, 1.165) is 38.1 Å². The van der Waals surface area contributed by atoms with Gasteiger partial charge in [0.1, 0.15) is 5.75 Å². The maximum atomic E-state index is 11.1. The van der Waals surface area contributed by atoms with E-state index in [9.17, 15) is 4.79 Å². The lowest BCUT2D eigenvalue weighted by molar-refractivity contribution is -0.140. The lowest BCUT2D eigenvalue weighted by atomic mass is 9.76. The van der Waals surface area contributed by atoms with Crippen LogP contribution in [0.25, 0.3) is 10.8 Å². The number of rotatable bonds is 8. The van der Waals surface area contributed by atoms with Crippen molar-refractivity contribution in [2.24, 2.45) is 5.41 Å². The van der Waals surface area contributed by atoms with Gasteiger partial charge in [-0.1, -0.05) is 32.0 Å². The van der Waals surface area contributed by atoms with Gasteiger partial charge in [-0.3, -0.25) is 4.79 Å². The number of benzene rings is 2. The number of hydrogen-bond acceptors (Lipinski definition) is 4. The highest BCUT2D eigenvalue weighted by molar-refractivity contribution is 5.84. The largest absolute Gasteiger partial charge is 0.490 e. The molecule has 0 aliphatic heterocycles. The molecule has 1 fully saturated rings. The number of nitrogens with one attached hydrogen (secondary N) is 1. The van der Waals surface area contributed by atoms with E-state index in [1.165, 1.54) is 36.3 Å². The van der Waals surface area contributed by atoms with E-state index in [2.05, 4.69) is 60.3 Å². The van der Waals surface area contributed by atoms with Crippen molar-refractivity contribution in [3.05, 3.63) is 42.0 Å². The minimum absolute atomic E-state index is 0.150. The molecule has 28 heavy (non-hydrogen) atoms. The average Bonchev–Trinajstić information content (AvgIpc) is 2.69. The fraction of sp³-hybridized carbons (Fsp3) is 0.542. The van der Waals surface area contributed by atoms with E-state index in [-0.39, 0.29) is 5.97 Å². The SMILES string of the molecule is COC(=O)CCCNCc1ccc2cc(OC3CCC(C)(C)CC3)ccc2c1. The highest BCUT2D eigenvalue weighted by Gasteiger charge is 2.27. The summed E-state index contributed by atoms with van der Waals surface area (Å²) >= 11 is 0. The average molecular weight is 384 g/mol. The molecule has 1 aliphatic rings. The molecule has 0 heterocycles. The minimum atomic E-state index is -0.150. The van der Waals surface area contributed by atoms with Crippen LogP contribution in [-0.4, -0.2) is 25.7 Å². The maximum Gasteiger partial charge on any atom is 0.305 e. The molecule has 0 unspecified atom stereocenters. The molecule has 1 saturated carbocycles. The summed E-state index contributed by atoms with van der Waals surface area (Å²) in [6.45, 7) is 6.31. The Morgan fingerprint density at radius 1 is 1.11 bits per heavy atom. The number of fused-ring (bicyclic) bond motifs is 1. The zero-order valence-electron chi connectivity index (χ0n) is 17.4. The van der Waals surface area contributed by atoms with Gasteiger partial charge in [0.2, 0.25) is 0 Å². The molecule has 1 aliphatic carbocycles. The Hall–Kier alpha value is -2.07. The van der Waals surface area contributed by atoms with Gasteiger partial charge in [-0.25, -0.2) is 0 Å². The predicted octanol–water partition coefficient (Wildman–Crippen LogP) is 5.23. The Balaban J connectivity index is 1.51. The molecule has 0 atom stereocenters. The van der Waals surface area contributed by atoms with Crippen LogP contribution in [0.5, 0.6) is 5.75 Å². The molecular formula is C24H33NO3. The minimum Gasteiger partial charge on any atom is -0.490 e. The van der Waals surface area contributed by atoms with Crippen molar-refractivity contribution in [2.45, 2.75) is 65.0 Å². The first-order valence-electron chi connectivity index (χ1n) is 10.4. The normalized spacial score (nSPS) is 16.8. The third-order valence-electron chi connectivity index (χ3n) is 5.76. The molecule has 0 saturated heterocycles. The van der Waals surface area contributed by atoms with E-state index in [0.29, 0.717) is 17.9 Å². The molecule has 0 spiro atoms. The van der Waals surface area contributed by atoms with E-state index >= 15 is 0 Å². The first-order valence-corrected chi connectivity index (χ1v) is 10.4. The van der Waals surface area contributed by atoms with E-state index in [1.807, 2.05) is 0 Å². The first kappa shape index (κ1) is 20.7. The van der Waals surface area contributed by atoms with Crippen molar-refractivity contribution in [1.82, 2.24) is 5.32 Å². The van der Waals surface area contributed by atoms with Gasteiger partial charge >= 0.3 is 5.97 Å². The summed E-state index contributed by atoms with van der Waals surface area (Å²) in [6.07, 6.45) is 6.36. The van der Waals surface area contributed by atoms with Crippen molar-refractivity contribution < 1.29 is 14.3 Å². The summed E-state index contributed by atoms with van der Waals surface area (Å²) in [4.78, 5) is 11.1. The van der Waals surface area contributed by atoms with E-state index < -0.39 is 0 Å². The van der Waals surface area contributed by atoms with Crippen LogP contribution in [-0.2, 0) is 16.1 Å². The summed E-state index contributed by atoms with van der Waals surface area (Å²) < 4.78 is 10.9. The van der Waals surface area contributed by atoms with Gasteiger partial charge in [0, 0.05) is 13.0 Å². The molecule has 1 N–H and O–H groups in total. The second-order valence-electron chi connectivity index (χ2n) is 8.68. The number of hydrogen-bond donors (Lipinski definition) is 1. The first-order chi connectivity index (χ1) is 13.4. The monoisotopic (exact) mass is 383 g/mol. The third kappa shape index (κ3) is 5.96. The van der Waals surface area contributed by atoms with E-state index in [1.54, 1.807) is 0 Å². The van der Waals surface area contributed by atoms with Crippen LogP contribution in [0.15, 0.2) is 36.4 Å². The quantitative estimate of drug-likeness (QED) is 0.501. The Labute approximate surface area is 168 Å². The number of methoxy groups -OCH3 is 1. The van der Waals surface area contributed by atoms with Gasteiger partial charge in [-0.2, -0.15) is 0 Å². The molecule has 4 heteroatoms. The Morgan fingerprint density at radius 2 is 1.82 bits per heavy atom. The molecule has 0 radical (unpaired) electrons. The molecule has 0 bridgehead atoms. The van der Waals surface area contributed by atoms with Crippen LogP contribution in [0.2, 0.25) is 0 Å². The number of carbonyl (C=O) groups excluding carboxylic acids is 1. The smallest absolute Gasteiger partial charge is 0.305 e. The fourth-order valence-corrected chi connectivity index (χ4v) is 3.83. The van der Waals surface area contributed by atoms with Gasteiger partial charge in [-0.05, 0) is 78.6 Å². The second-order valence-corrected chi connectivity index (χ2v) is 8.68. The zero-order chi connectivity index (χ0) is 20.0. The number of esters is 1. The summed E-state index contributed by atoms with van der Waals surface area (Å²) in [7, 11) is 1.43. The van der Waals surface area contributed by atoms with Gasteiger partial charge < -0.3 is 14.8 Å². The van der Waals surface area contributed by atoms with Gasteiger partial charge in [0.05, 0.1) is 13.2 Å². The second kappa shape index (κ2) is 9.42. The van der Waals surface area contributed by atoms with Crippen molar-refractivity contribution in [3.8, 4) is 5.75 Å². The summed E-state index contributed by atoms with van der Waals surface area (Å²) in [5.74, 6) is 0.827. The Kier molecular flexibility index (Phi) is 6.95. The molecule has 4 nitrogen and oxygen atoms in total. The Bertz CT molecular complexity index is 790. The van der Waals surface area contributed by atoms with Crippen LogP contribution < -0.4 is 10.1 Å². The van der Waals surface area contributed by atoms with Gasteiger partial charge in [0.25, 0.3) is 0 Å². The molecule has 2 aromatic rings. The molecular weight excluding hydrogens is 350 g/mol. The summed E-state index contributed by atoms with van der Waals surface area (Å²) in [5, 5.41) is 5.82. The molecule has 2 aromatic carbocycles. The van der Waals surface area contributed by atoms with Crippen LogP contribution in [0.4, 0.5) is 0 Å². The summed E-state index contributed by atoms with van der Waals surface area (Å²) in [5.41, 5.74) is 1.71. The highest BCUT2D eigenvalue weighted by Crippen LogP contribution is 2.36. The van der Waals surface area contributed by atoms with Crippen molar-refractivity contribution in [3.63, 3.8) is 0 Å². The predicted molar refractivity (Wildman–Crippen MR) is 114 cm³/mol. The molecule has 152 valence electrons. The van der Waals surface area contributed by atoms with Gasteiger partial charge in [0.15, 0.2) is 0 Å². The standard InChI is InChI=1S/C24H33NO3/c1-24(2)12-10-21(11-13-24)28-22-9-8-19-15-18(6-7-20(19)16-22)17-25-14-4-5-23(26)27-3/h6-9,15-16,21,25H,4-5,10-14,17H2,1-3H3. The van der Waals surface area contributed by atoms with Gasteiger partial charge in [-0.15, -0.1) is 0 Å². The maximum absolute atomic E-state index is 11.1. The van der Waals surface area contributed by atoms with Crippen LogP contribution >= 0.6 is 0 Å². The molecule has 0 aromatic heterocycles. The van der Waals surface area contributed by atoms with E-state index in [4.69, 9.17) is 4.74 Å². The fourth-order valence-electron chi connectivity index (χ4n) is 3.83.